The van der Waals surface area contributed by atoms with Crippen LogP contribution in [0.3, 0.4) is 0 Å². The van der Waals surface area contributed by atoms with E-state index in [1.807, 2.05) is 25.1 Å². The Balaban J connectivity index is 1.64. The van der Waals surface area contributed by atoms with Crippen molar-refractivity contribution in [1.82, 2.24) is 4.98 Å². The summed E-state index contributed by atoms with van der Waals surface area (Å²) in [6.45, 7) is 5.80. The molecule has 0 aliphatic carbocycles. The van der Waals surface area contributed by atoms with Gasteiger partial charge in [-0.2, -0.15) is 4.91 Å². The summed E-state index contributed by atoms with van der Waals surface area (Å²) in [6.07, 6.45) is 3.79. The lowest BCUT2D eigenvalue weighted by Crippen LogP contribution is -2.35. The topological polar surface area (TPSA) is 65.8 Å². The van der Waals surface area contributed by atoms with E-state index in [-0.39, 0.29) is 12.0 Å². The molecule has 4 rings (SSSR count). The number of nitrogens with zero attached hydrogens (tertiary/aromatic N) is 3. The van der Waals surface area contributed by atoms with Crippen LogP contribution >= 0.6 is 0 Å². The highest BCUT2D eigenvalue weighted by atomic mass is 16.3. The molecule has 0 saturated carbocycles. The molecule has 1 saturated heterocycles. The summed E-state index contributed by atoms with van der Waals surface area (Å²) in [5, 5.41) is 13.3. The van der Waals surface area contributed by atoms with E-state index in [9.17, 15) is 10.0 Å². The molecule has 166 valence electrons. The fourth-order valence-corrected chi connectivity index (χ4v) is 4.70. The first-order valence-electron chi connectivity index (χ1n) is 11.4. The van der Waals surface area contributed by atoms with Gasteiger partial charge in [0.05, 0.1) is 6.10 Å². The summed E-state index contributed by atoms with van der Waals surface area (Å²) < 4.78 is 0. The van der Waals surface area contributed by atoms with Crippen molar-refractivity contribution in [2.45, 2.75) is 51.2 Å². The van der Waals surface area contributed by atoms with Crippen molar-refractivity contribution in [2.24, 2.45) is 5.18 Å². The fraction of sp³-hybridized carbons (Fsp3) is 0.370. The van der Waals surface area contributed by atoms with Crippen LogP contribution in [-0.4, -0.2) is 29.3 Å². The number of hydrogen-bond acceptors (Lipinski definition) is 5. The molecule has 2 heterocycles. The second kappa shape index (κ2) is 10.0. The van der Waals surface area contributed by atoms with Crippen molar-refractivity contribution in [3.05, 3.63) is 99.7 Å². The first-order chi connectivity index (χ1) is 15.5. The van der Waals surface area contributed by atoms with E-state index >= 15 is 0 Å². The zero-order chi connectivity index (χ0) is 22.5. The molecule has 0 amide bonds. The maximum Gasteiger partial charge on any atom is 0.118 e. The van der Waals surface area contributed by atoms with Crippen LogP contribution in [0.25, 0.3) is 0 Å². The molecule has 0 spiro atoms. The number of rotatable bonds is 7. The number of aryl methyl sites for hydroxylation is 2. The maximum absolute atomic E-state index is 11.9. The molecule has 0 radical (unpaired) electrons. The SMILES string of the molecule is Cc1cc(C(C[C@H](c2ccc(N3CCC(O)CC3)cc2)c2ccccc2C)N=O)ccn1. The third-order valence-electron chi connectivity index (χ3n) is 6.58. The van der Waals surface area contributed by atoms with Crippen LogP contribution in [0.4, 0.5) is 5.69 Å². The molecule has 5 heteroatoms. The van der Waals surface area contributed by atoms with Gasteiger partial charge in [0.2, 0.25) is 0 Å². The predicted molar refractivity (Wildman–Crippen MR) is 129 cm³/mol. The standard InChI is InChI=1S/C27H31N3O2/c1-19-5-3-4-6-25(19)26(18-27(29-32)22-11-14-28-20(2)17-22)21-7-9-23(10-8-21)30-15-12-24(31)13-16-30/h3-11,14,17,24,26-27,31H,12-13,15-16,18H2,1-2H3/t26-,27?/m1/s1. The predicted octanol–water partition coefficient (Wildman–Crippen LogP) is 5.69. The average molecular weight is 430 g/mol. The van der Waals surface area contributed by atoms with Gasteiger partial charge in [0.25, 0.3) is 0 Å². The summed E-state index contributed by atoms with van der Waals surface area (Å²) in [7, 11) is 0. The fourth-order valence-electron chi connectivity index (χ4n) is 4.70. The number of nitroso groups, excluding NO2 is 1. The van der Waals surface area contributed by atoms with Crippen LogP contribution in [0.5, 0.6) is 0 Å². The molecule has 2 atom stereocenters. The van der Waals surface area contributed by atoms with E-state index in [0.717, 1.165) is 37.2 Å². The van der Waals surface area contributed by atoms with Gasteiger partial charge in [-0.25, -0.2) is 0 Å². The highest BCUT2D eigenvalue weighted by Crippen LogP contribution is 2.38. The number of piperidine rings is 1. The highest BCUT2D eigenvalue weighted by molar-refractivity contribution is 5.50. The van der Waals surface area contributed by atoms with E-state index in [1.54, 1.807) is 6.20 Å². The Morgan fingerprint density at radius 3 is 2.41 bits per heavy atom. The molecule has 0 bridgehead atoms. The zero-order valence-corrected chi connectivity index (χ0v) is 18.8. The van der Waals surface area contributed by atoms with Crippen LogP contribution in [-0.2, 0) is 0 Å². The summed E-state index contributed by atoms with van der Waals surface area (Å²) in [5.74, 6) is 0.0598. The Hall–Kier alpha value is -3.05. The molecule has 1 unspecified atom stereocenters. The van der Waals surface area contributed by atoms with E-state index in [2.05, 4.69) is 64.4 Å². The summed E-state index contributed by atoms with van der Waals surface area (Å²) in [5.41, 5.74) is 6.59. The van der Waals surface area contributed by atoms with Gasteiger partial charge >= 0.3 is 0 Å². The number of aromatic nitrogens is 1. The molecular formula is C27H31N3O2. The molecule has 1 N–H and O–H groups in total. The maximum atomic E-state index is 11.9. The molecular weight excluding hydrogens is 398 g/mol. The second-order valence-corrected chi connectivity index (χ2v) is 8.81. The summed E-state index contributed by atoms with van der Waals surface area (Å²) in [6, 6.07) is 20.5. The minimum absolute atomic E-state index is 0.0598. The van der Waals surface area contributed by atoms with Crippen molar-refractivity contribution >= 4 is 5.69 Å². The van der Waals surface area contributed by atoms with Gasteiger partial charge in [-0.1, -0.05) is 41.6 Å². The number of benzene rings is 2. The number of aliphatic hydroxyl groups excluding tert-OH is 1. The Morgan fingerprint density at radius 2 is 1.75 bits per heavy atom. The number of anilines is 1. The van der Waals surface area contributed by atoms with Crippen molar-refractivity contribution in [1.29, 1.82) is 0 Å². The molecule has 1 aliphatic rings. The number of aliphatic hydroxyl groups is 1. The molecule has 1 fully saturated rings. The lowest BCUT2D eigenvalue weighted by molar-refractivity contribution is 0.145. The van der Waals surface area contributed by atoms with Gasteiger partial charge in [0.1, 0.15) is 6.04 Å². The zero-order valence-electron chi connectivity index (χ0n) is 18.8. The second-order valence-electron chi connectivity index (χ2n) is 8.81. The van der Waals surface area contributed by atoms with Gasteiger partial charge < -0.3 is 10.0 Å². The highest BCUT2D eigenvalue weighted by Gasteiger charge is 2.24. The first kappa shape index (κ1) is 22.2. The van der Waals surface area contributed by atoms with Gasteiger partial charge in [-0.05, 0) is 79.6 Å². The third-order valence-corrected chi connectivity index (χ3v) is 6.58. The van der Waals surface area contributed by atoms with Gasteiger partial charge in [0, 0.05) is 36.6 Å². The van der Waals surface area contributed by atoms with Crippen molar-refractivity contribution in [2.75, 3.05) is 18.0 Å². The van der Waals surface area contributed by atoms with Crippen molar-refractivity contribution in [3.63, 3.8) is 0 Å². The van der Waals surface area contributed by atoms with E-state index < -0.39 is 6.04 Å². The normalized spacial score (nSPS) is 16.5. The van der Waals surface area contributed by atoms with Crippen molar-refractivity contribution in [3.8, 4) is 0 Å². The number of hydrogen-bond donors (Lipinski definition) is 1. The molecule has 3 aromatic rings. The molecule has 1 aromatic heterocycles. The quantitative estimate of drug-likeness (QED) is 0.490. The first-order valence-corrected chi connectivity index (χ1v) is 11.4. The molecule has 2 aromatic carbocycles. The van der Waals surface area contributed by atoms with Gasteiger partial charge in [-0.15, -0.1) is 0 Å². The Kier molecular flexibility index (Phi) is 6.96. The Morgan fingerprint density at radius 1 is 1.03 bits per heavy atom. The third kappa shape index (κ3) is 5.05. The lowest BCUT2D eigenvalue weighted by atomic mass is 9.82. The van der Waals surface area contributed by atoms with Gasteiger partial charge in [0.15, 0.2) is 0 Å². The van der Waals surface area contributed by atoms with Crippen LogP contribution in [0, 0.1) is 18.8 Å². The van der Waals surface area contributed by atoms with E-state index in [0.29, 0.717) is 6.42 Å². The van der Waals surface area contributed by atoms with Crippen LogP contribution < -0.4 is 4.90 Å². The minimum Gasteiger partial charge on any atom is -0.393 e. The van der Waals surface area contributed by atoms with Crippen molar-refractivity contribution < 1.29 is 5.11 Å². The van der Waals surface area contributed by atoms with Crippen LogP contribution in [0.15, 0.2) is 72.0 Å². The monoisotopic (exact) mass is 429 g/mol. The van der Waals surface area contributed by atoms with Crippen LogP contribution in [0.1, 0.15) is 59.2 Å². The minimum atomic E-state index is -0.440. The largest absolute Gasteiger partial charge is 0.393 e. The number of pyridine rings is 1. The summed E-state index contributed by atoms with van der Waals surface area (Å²) >= 11 is 0. The smallest absolute Gasteiger partial charge is 0.118 e. The lowest BCUT2D eigenvalue weighted by Gasteiger charge is -2.32. The van der Waals surface area contributed by atoms with Gasteiger partial charge in [-0.3, -0.25) is 4.98 Å². The summed E-state index contributed by atoms with van der Waals surface area (Å²) in [4.78, 5) is 18.5. The molecule has 5 nitrogen and oxygen atoms in total. The average Bonchev–Trinajstić information content (AvgIpc) is 2.81. The Labute approximate surface area is 190 Å². The van der Waals surface area contributed by atoms with E-state index in [1.165, 1.54) is 22.4 Å². The van der Waals surface area contributed by atoms with E-state index in [4.69, 9.17) is 0 Å². The Bertz CT molecular complexity index is 1040. The molecule has 32 heavy (non-hydrogen) atoms. The molecule has 1 aliphatic heterocycles. The van der Waals surface area contributed by atoms with Crippen LogP contribution in [0.2, 0.25) is 0 Å².